The molecule has 0 fully saturated rings. The van der Waals surface area contributed by atoms with Crippen LogP contribution in [-0.2, 0) is 11.3 Å². The molecule has 0 bridgehead atoms. The molecule has 1 amide bonds. The maximum Gasteiger partial charge on any atom is 0.238 e. The van der Waals surface area contributed by atoms with Crippen molar-refractivity contribution in [2.75, 3.05) is 0 Å². The largest absolute Gasteiger partial charge is 0.467 e. The molecule has 1 aromatic heterocycles. The standard InChI is InChI=1S/C8H10ClNO2/c1-6(9)8(11)10-5-7-3-2-4-12-7/h2-4,6H,5H2,1H3,(H,10,11). The van der Waals surface area contributed by atoms with E-state index in [1.165, 1.54) is 0 Å². The molecule has 3 nitrogen and oxygen atoms in total. The van der Waals surface area contributed by atoms with Crippen molar-refractivity contribution >= 4 is 17.5 Å². The van der Waals surface area contributed by atoms with Crippen molar-refractivity contribution in [3.05, 3.63) is 24.2 Å². The molecule has 0 aliphatic carbocycles. The van der Waals surface area contributed by atoms with Gasteiger partial charge in [0.05, 0.1) is 12.8 Å². The molecule has 0 radical (unpaired) electrons. The highest BCUT2D eigenvalue weighted by Crippen LogP contribution is 1.99. The lowest BCUT2D eigenvalue weighted by Crippen LogP contribution is -2.28. The highest BCUT2D eigenvalue weighted by molar-refractivity contribution is 6.30. The van der Waals surface area contributed by atoms with Crippen molar-refractivity contribution in [1.82, 2.24) is 5.32 Å². The molecule has 1 aromatic rings. The predicted octanol–water partition coefficient (Wildman–Crippen LogP) is 1.52. The Morgan fingerprint density at radius 1 is 1.83 bits per heavy atom. The van der Waals surface area contributed by atoms with Gasteiger partial charge in [0, 0.05) is 0 Å². The molecule has 0 saturated heterocycles. The second-order valence-corrected chi connectivity index (χ2v) is 3.07. The summed E-state index contributed by atoms with van der Waals surface area (Å²) in [6, 6.07) is 3.56. The van der Waals surface area contributed by atoms with Crippen LogP contribution in [0.5, 0.6) is 0 Å². The number of furan rings is 1. The Kier molecular flexibility index (Phi) is 3.17. The SMILES string of the molecule is CC(Cl)C(=O)NCc1ccco1. The van der Waals surface area contributed by atoms with Crippen LogP contribution in [0.2, 0.25) is 0 Å². The first-order valence-electron chi connectivity index (χ1n) is 3.64. The van der Waals surface area contributed by atoms with Crippen LogP contribution in [0.4, 0.5) is 0 Å². The zero-order valence-corrected chi connectivity index (χ0v) is 7.47. The third-order valence-electron chi connectivity index (χ3n) is 1.38. The number of halogens is 1. The minimum atomic E-state index is -0.500. The van der Waals surface area contributed by atoms with E-state index in [2.05, 4.69) is 5.32 Å². The first kappa shape index (κ1) is 9.13. The lowest BCUT2D eigenvalue weighted by molar-refractivity contribution is -0.120. The van der Waals surface area contributed by atoms with E-state index in [4.69, 9.17) is 16.0 Å². The molecule has 1 unspecified atom stereocenters. The van der Waals surface area contributed by atoms with Gasteiger partial charge in [-0.05, 0) is 19.1 Å². The molecule has 4 heteroatoms. The van der Waals surface area contributed by atoms with Gasteiger partial charge in [-0.3, -0.25) is 4.79 Å². The summed E-state index contributed by atoms with van der Waals surface area (Å²) in [4.78, 5) is 11.0. The minimum absolute atomic E-state index is 0.187. The topological polar surface area (TPSA) is 42.2 Å². The van der Waals surface area contributed by atoms with Crippen molar-refractivity contribution in [2.24, 2.45) is 0 Å². The summed E-state index contributed by atoms with van der Waals surface area (Å²) in [6.45, 7) is 2.02. The van der Waals surface area contributed by atoms with Gasteiger partial charge in [0.2, 0.25) is 5.91 Å². The molecule has 0 aliphatic rings. The number of hydrogen-bond acceptors (Lipinski definition) is 2. The summed E-state index contributed by atoms with van der Waals surface area (Å²) < 4.78 is 5.01. The van der Waals surface area contributed by atoms with Crippen molar-refractivity contribution in [3.63, 3.8) is 0 Å². The molecule has 66 valence electrons. The number of hydrogen-bond donors (Lipinski definition) is 1. The maximum absolute atomic E-state index is 11.0. The van der Waals surface area contributed by atoms with Crippen molar-refractivity contribution in [2.45, 2.75) is 18.8 Å². The van der Waals surface area contributed by atoms with Gasteiger partial charge in [-0.1, -0.05) is 0 Å². The molecule has 0 spiro atoms. The second-order valence-electron chi connectivity index (χ2n) is 2.41. The van der Waals surface area contributed by atoms with Crippen LogP contribution in [0.3, 0.4) is 0 Å². The maximum atomic E-state index is 11.0. The Hall–Kier alpha value is -0.960. The molecule has 0 saturated carbocycles. The van der Waals surface area contributed by atoms with Gasteiger partial charge < -0.3 is 9.73 Å². The Labute approximate surface area is 75.7 Å². The van der Waals surface area contributed by atoms with Crippen molar-refractivity contribution in [3.8, 4) is 0 Å². The van der Waals surface area contributed by atoms with E-state index in [1.54, 1.807) is 25.3 Å². The average molecular weight is 188 g/mol. The van der Waals surface area contributed by atoms with Gasteiger partial charge in [-0.25, -0.2) is 0 Å². The summed E-state index contributed by atoms with van der Waals surface area (Å²) in [5.41, 5.74) is 0. The highest BCUT2D eigenvalue weighted by Gasteiger charge is 2.08. The minimum Gasteiger partial charge on any atom is -0.467 e. The first-order valence-corrected chi connectivity index (χ1v) is 4.08. The third-order valence-corrected chi connectivity index (χ3v) is 1.58. The molecule has 1 atom stereocenters. The van der Waals surface area contributed by atoms with Crippen LogP contribution in [0.15, 0.2) is 22.8 Å². The van der Waals surface area contributed by atoms with Crippen LogP contribution >= 0.6 is 11.6 Å². The van der Waals surface area contributed by atoms with Crippen LogP contribution in [0, 0.1) is 0 Å². The van der Waals surface area contributed by atoms with Crippen molar-refractivity contribution in [1.29, 1.82) is 0 Å². The van der Waals surface area contributed by atoms with E-state index in [0.717, 1.165) is 5.76 Å². The predicted molar refractivity (Wildman–Crippen MR) is 45.9 cm³/mol. The summed E-state index contributed by atoms with van der Waals surface area (Å²) in [5, 5.41) is 2.12. The Morgan fingerprint density at radius 3 is 3.08 bits per heavy atom. The number of alkyl halides is 1. The number of rotatable bonds is 3. The molecule has 12 heavy (non-hydrogen) atoms. The van der Waals surface area contributed by atoms with Crippen LogP contribution in [0.1, 0.15) is 12.7 Å². The lowest BCUT2D eigenvalue weighted by atomic mass is 10.4. The molecular formula is C8H10ClNO2. The van der Waals surface area contributed by atoms with Gasteiger partial charge in [0.15, 0.2) is 0 Å². The smallest absolute Gasteiger partial charge is 0.238 e. The molecule has 0 aromatic carbocycles. The normalized spacial score (nSPS) is 12.5. The van der Waals surface area contributed by atoms with Gasteiger partial charge in [-0.2, -0.15) is 0 Å². The zero-order valence-electron chi connectivity index (χ0n) is 6.71. The molecule has 1 N–H and O–H groups in total. The van der Waals surface area contributed by atoms with E-state index >= 15 is 0 Å². The van der Waals surface area contributed by atoms with E-state index in [9.17, 15) is 4.79 Å². The van der Waals surface area contributed by atoms with Crippen LogP contribution in [-0.4, -0.2) is 11.3 Å². The molecule has 1 heterocycles. The quantitative estimate of drug-likeness (QED) is 0.730. The number of amides is 1. The van der Waals surface area contributed by atoms with Gasteiger partial charge in [0.1, 0.15) is 11.1 Å². The summed E-state index contributed by atoms with van der Waals surface area (Å²) >= 11 is 5.53. The van der Waals surface area contributed by atoms with Gasteiger partial charge >= 0.3 is 0 Å². The van der Waals surface area contributed by atoms with E-state index in [0.29, 0.717) is 6.54 Å². The van der Waals surface area contributed by atoms with Gasteiger partial charge in [-0.15, -0.1) is 11.6 Å². The fraction of sp³-hybridized carbons (Fsp3) is 0.375. The monoisotopic (exact) mass is 187 g/mol. The molecule has 1 rings (SSSR count). The Morgan fingerprint density at radius 2 is 2.58 bits per heavy atom. The summed E-state index contributed by atoms with van der Waals surface area (Å²) in [7, 11) is 0. The second kappa shape index (κ2) is 4.16. The third kappa shape index (κ3) is 2.58. The number of carbonyl (C=O) groups is 1. The van der Waals surface area contributed by atoms with E-state index in [1.807, 2.05) is 0 Å². The Bertz CT molecular complexity index is 244. The highest BCUT2D eigenvalue weighted by atomic mass is 35.5. The fourth-order valence-corrected chi connectivity index (χ4v) is 0.805. The van der Waals surface area contributed by atoms with Crippen LogP contribution in [0.25, 0.3) is 0 Å². The van der Waals surface area contributed by atoms with Gasteiger partial charge in [0.25, 0.3) is 0 Å². The average Bonchev–Trinajstić information content (AvgIpc) is 2.51. The molecule has 0 aliphatic heterocycles. The molecular weight excluding hydrogens is 178 g/mol. The Balaban J connectivity index is 2.32. The summed E-state index contributed by atoms with van der Waals surface area (Å²) in [5.74, 6) is 0.536. The lowest BCUT2D eigenvalue weighted by Gasteiger charge is -2.03. The number of carbonyl (C=O) groups excluding carboxylic acids is 1. The van der Waals surface area contributed by atoms with E-state index in [-0.39, 0.29) is 5.91 Å². The van der Waals surface area contributed by atoms with Crippen molar-refractivity contribution < 1.29 is 9.21 Å². The summed E-state index contributed by atoms with van der Waals surface area (Å²) in [6.07, 6.45) is 1.56. The van der Waals surface area contributed by atoms with E-state index < -0.39 is 5.38 Å². The first-order chi connectivity index (χ1) is 5.70. The fourth-order valence-electron chi connectivity index (χ4n) is 0.728. The van der Waals surface area contributed by atoms with Crippen LogP contribution < -0.4 is 5.32 Å². The zero-order chi connectivity index (χ0) is 8.97. The number of nitrogens with one attached hydrogen (secondary N) is 1.